The molecule has 0 spiro atoms. The molecule has 0 aromatic carbocycles. The fourth-order valence-electron chi connectivity index (χ4n) is 2.07. The van der Waals surface area contributed by atoms with Gasteiger partial charge in [0.15, 0.2) is 0 Å². The number of thiazole rings is 1. The van der Waals surface area contributed by atoms with Crippen LogP contribution in [0, 0.1) is 6.92 Å². The Kier molecular flexibility index (Phi) is 3.55. The summed E-state index contributed by atoms with van der Waals surface area (Å²) < 4.78 is 15.9. The number of nitrogens with zero attached hydrogens (tertiary/aromatic N) is 3. The molecule has 1 fully saturated rings. The Labute approximate surface area is 136 Å². The second kappa shape index (κ2) is 4.91. The van der Waals surface area contributed by atoms with Crippen LogP contribution in [0.25, 0.3) is 5.13 Å². The molecular formula is C13H17BBrN3O2S. The van der Waals surface area contributed by atoms with Crippen LogP contribution in [0.1, 0.15) is 33.4 Å². The first-order chi connectivity index (χ1) is 9.69. The second-order valence-corrected chi connectivity index (χ2v) is 8.06. The molecule has 0 atom stereocenters. The summed E-state index contributed by atoms with van der Waals surface area (Å²) in [6, 6.07) is 0. The molecule has 1 saturated heterocycles. The smallest absolute Gasteiger partial charge is 0.399 e. The van der Waals surface area contributed by atoms with Crippen molar-refractivity contribution in [1.29, 1.82) is 0 Å². The van der Waals surface area contributed by atoms with E-state index in [1.165, 1.54) is 0 Å². The number of hydrogen-bond acceptors (Lipinski definition) is 5. The molecule has 2 aromatic rings. The van der Waals surface area contributed by atoms with Crippen molar-refractivity contribution < 1.29 is 9.31 Å². The SMILES string of the molecule is Cc1nc(-n2cc(Br)cn2)sc1B1OC(C)(C)C(C)(C)O1. The minimum Gasteiger partial charge on any atom is -0.399 e. The maximum atomic E-state index is 6.09. The van der Waals surface area contributed by atoms with E-state index >= 15 is 0 Å². The first-order valence-electron chi connectivity index (χ1n) is 6.73. The molecule has 1 aliphatic rings. The molecule has 0 amide bonds. The highest BCUT2D eigenvalue weighted by Crippen LogP contribution is 2.37. The molecule has 0 radical (unpaired) electrons. The summed E-state index contributed by atoms with van der Waals surface area (Å²) in [6.07, 6.45) is 3.62. The minimum absolute atomic E-state index is 0.344. The predicted molar refractivity (Wildman–Crippen MR) is 87.4 cm³/mol. The molecule has 0 saturated carbocycles. The molecule has 0 unspecified atom stereocenters. The van der Waals surface area contributed by atoms with Gasteiger partial charge in [0.05, 0.1) is 32.3 Å². The van der Waals surface area contributed by atoms with Crippen LogP contribution in [0.4, 0.5) is 0 Å². The minimum atomic E-state index is -0.375. The summed E-state index contributed by atoms with van der Waals surface area (Å²) in [6.45, 7) is 10.2. The van der Waals surface area contributed by atoms with Crippen LogP contribution in [0.2, 0.25) is 0 Å². The van der Waals surface area contributed by atoms with E-state index in [1.54, 1.807) is 22.2 Å². The molecule has 21 heavy (non-hydrogen) atoms. The lowest BCUT2D eigenvalue weighted by Crippen LogP contribution is -2.41. The number of halogens is 1. The van der Waals surface area contributed by atoms with Crippen molar-refractivity contribution in [1.82, 2.24) is 14.8 Å². The van der Waals surface area contributed by atoms with Crippen molar-refractivity contribution in [3.8, 4) is 5.13 Å². The maximum absolute atomic E-state index is 6.09. The fourth-order valence-corrected chi connectivity index (χ4v) is 3.31. The molecule has 0 N–H and O–H groups in total. The average molecular weight is 370 g/mol. The molecule has 8 heteroatoms. The highest BCUT2D eigenvalue weighted by molar-refractivity contribution is 9.10. The number of hydrogen-bond donors (Lipinski definition) is 0. The third-order valence-corrected chi connectivity index (χ3v) is 5.61. The second-order valence-electron chi connectivity index (χ2n) is 6.14. The zero-order chi connectivity index (χ0) is 15.4. The van der Waals surface area contributed by atoms with E-state index in [4.69, 9.17) is 9.31 Å². The fraction of sp³-hybridized carbons (Fsp3) is 0.538. The largest absolute Gasteiger partial charge is 0.507 e. The highest BCUT2D eigenvalue weighted by Gasteiger charge is 2.52. The Morgan fingerprint density at radius 2 is 1.86 bits per heavy atom. The molecule has 0 aliphatic carbocycles. The van der Waals surface area contributed by atoms with Crippen LogP contribution < -0.4 is 4.78 Å². The zero-order valence-corrected chi connectivity index (χ0v) is 15.1. The van der Waals surface area contributed by atoms with Crippen LogP contribution in [-0.4, -0.2) is 33.1 Å². The summed E-state index contributed by atoms with van der Waals surface area (Å²) in [5, 5.41) is 5.07. The molecule has 1 aliphatic heterocycles. The Hall–Kier alpha value is -0.695. The summed E-state index contributed by atoms with van der Waals surface area (Å²) in [4.78, 5) is 4.57. The lowest BCUT2D eigenvalue weighted by atomic mass is 9.86. The number of rotatable bonds is 2. The van der Waals surface area contributed by atoms with Crippen LogP contribution >= 0.6 is 27.3 Å². The first-order valence-corrected chi connectivity index (χ1v) is 8.34. The summed E-state index contributed by atoms with van der Waals surface area (Å²) in [7, 11) is -0.375. The van der Waals surface area contributed by atoms with Crippen molar-refractivity contribution in [2.75, 3.05) is 0 Å². The van der Waals surface area contributed by atoms with Crippen molar-refractivity contribution >= 4 is 39.2 Å². The molecular weight excluding hydrogens is 353 g/mol. The van der Waals surface area contributed by atoms with Crippen LogP contribution in [0.15, 0.2) is 16.9 Å². The zero-order valence-electron chi connectivity index (χ0n) is 12.7. The van der Waals surface area contributed by atoms with Gasteiger partial charge in [-0.15, -0.1) is 11.3 Å². The van der Waals surface area contributed by atoms with E-state index in [-0.39, 0.29) is 18.3 Å². The van der Waals surface area contributed by atoms with Crippen LogP contribution in [-0.2, 0) is 9.31 Å². The van der Waals surface area contributed by atoms with Gasteiger partial charge >= 0.3 is 7.12 Å². The molecule has 112 valence electrons. The van der Waals surface area contributed by atoms with Crippen LogP contribution in [0.5, 0.6) is 0 Å². The number of aromatic nitrogens is 3. The van der Waals surface area contributed by atoms with Crippen molar-refractivity contribution in [3.05, 3.63) is 22.6 Å². The molecule has 3 heterocycles. The molecule has 2 aromatic heterocycles. The van der Waals surface area contributed by atoms with Gasteiger partial charge in [-0.1, -0.05) is 0 Å². The Balaban J connectivity index is 1.93. The van der Waals surface area contributed by atoms with Gasteiger partial charge < -0.3 is 9.31 Å². The lowest BCUT2D eigenvalue weighted by molar-refractivity contribution is 0.00578. The highest BCUT2D eigenvalue weighted by atomic mass is 79.9. The molecule has 0 bridgehead atoms. The maximum Gasteiger partial charge on any atom is 0.507 e. The third kappa shape index (κ3) is 2.58. The van der Waals surface area contributed by atoms with Gasteiger partial charge in [0.25, 0.3) is 0 Å². The van der Waals surface area contributed by atoms with E-state index < -0.39 is 0 Å². The monoisotopic (exact) mass is 369 g/mol. The average Bonchev–Trinajstić information content (AvgIpc) is 2.98. The summed E-state index contributed by atoms with van der Waals surface area (Å²) >= 11 is 4.94. The van der Waals surface area contributed by atoms with E-state index in [0.29, 0.717) is 0 Å². The van der Waals surface area contributed by atoms with E-state index in [0.717, 1.165) is 20.1 Å². The van der Waals surface area contributed by atoms with Gasteiger partial charge in [0.1, 0.15) is 0 Å². The Bertz CT molecular complexity index is 667. The van der Waals surface area contributed by atoms with Gasteiger partial charge in [-0.05, 0) is 50.5 Å². The van der Waals surface area contributed by atoms with E-state index in [1.807, 2.05) is 13.1 Å². The first kappa shape index (κ1) is 15.2. The van der Waals surface area contributed by atoms with Gasteiger partial charge in [0, 0.05) is 6.20 Å². The molecule has 3 rings (SSSR count). The quantitative estimate of drug-likeness (QED) is 0.763. The van der Waals surface area contributed by atoms with E-state index in [2.05, 4.69) is 53.7 Å². The van der Waals surface area contributed by atoms with E-state index in [9.17, 15) is 0 Å². The Morgan fingerprint density at radius 1 is 1.24 bits per heavy atom. The summed E-state index contributed by atoms with van der Waals surface area (Å²) in [5.41, 5.74) is 0.228. The van der Waals surface area contributed by atoms with Crippen LogP contribution in [0.3, 0.4) is 0 Å². The predicted octanol–water partition coefficient (Wildman–Crippen LogP) is 2.70. The van der Waals surface area contributed by atoms with Gasteiger partial charge in [-0.2, -0.15) is 5.10 Å². The normalized spacial score (nSPS) is 20.2. The van der Waals surface area contributed by atoms with Gasteiger partial charge in [0.2, 0.25) is 5.13 Å². The van der Waals surface area contributed by atoms with Crippen molar-refractivity contribution in [2.24, 2.45) is 0 Å². The van der Waals surface area contributed by atoms with Gasteiger partial charge in [-0.3, -0.25) is 0 Å². The molecule has 5 nitrogen and oxygen atoms in total. The standard InChI is InChI=1S/C13H17BBrN3O2S/c1-8-10(14-19-12(2,3)13(4,5)20-14)21-11(17-8)18-7-9(15)6-16-18/h6-7H,1-5H3. The van der Waals surface area contributed by atoms with Gasteiger partial charge in [-0.25, -0.2) is 9.67 Å². The van der Waals surface area contributed by atoms with Crippen molar-refractivity contribution in [3.63, 3.8) is 0 Å². The number of aryl methyl sites for hydroxylation is 1. The summed E-state index contributed by atoms with van der Waals surface area (Å²) in [5.74, 6) is 0. The topological polar surface area (TPSA) is 49.2 Å². The van der Waals surface area contributed by atoms with Crippen molar-refractivity contribution in [2.45, 2.75) is 45.8 Å². The Morgan fingerprint density at radius 3 is 2.38 bits per heavy atom. The third-order valence-electron chi connectivity index (χ3n) is 4.04. The lowest BCUT2D eigenvalue weighted by Gasteiger charge is -2.32.